The summed E-state index contributed by atoms with van der Waals surface area (Å²) in [5.41, 5.74) is 4.13. The molecule has 0 atom stereocenters. The second-order valence-electron chi connectivity index (χ2n) is 5.24. The molecule has 0 aliphatic rings. The highest BCUT2D eigenvalue weighted by molar-refractivity contribution is 7.09. The maximum absolute atomic E-state index is 12.1. The molecule has 0 saturated heterocycles. The van der Waals surface area contributed by atoms with Gasteiger partial charge in [-0.1, -0.05) is 0 Å². The Balaban J connectivity index is 1.69. The smallest absolute Gasteiger partial charge is 0.275 e. The summed E-state index contributed by atoms with van der Waals surface area (Å²) in [4.78, 5) is 32.8. The van der Waals surface area contributed by atoms with Gasteiger partial charge in [0.1, 0.15) is 12.2 Å². The standard InChI is InChI=1S/C16H16N6O2S/c1-10-15(19-9-25-10)16(24)21-12-3-4-13(18-6-12)11-5-20-22(7-11)8-14(23)17-2/h3-7,9H,8H2,1-2H3,(H,17,23)(H,21,24). The lowest BCUT2D eigenvalue weighted by Gasteiger charge is -2.04. The van der Waals surface area contributed by atoms with Crippen molar-refractivity contribution in [2.45, 2.75) is 13.5 Å². The number of carbonyl (C=O) groups is 2. The first-order chi connectivity index (χ1) is 12.1. The van der Waals surface area contributed by atoms with Crippen molar-refractivity contribution in [2.24, 2.45) is 0 Å². The zero-order valence-corrected chi connectivity index (χ0v) is 14.5. The van der Waals surface area contributed by atoms with Gasteiger partial charge in [-0.15, -0.1) is 11.3 Å². The van der Waals surface area contributed by atoms with Crippen LogP contribution in [0, 0.1) is 6.92 Å². The first-order valence-electron chi connectivity index (χ1n) is 7.47. The van der Waals surface area contributed by atoms with Crippen LogP contribution >= 0.6 is 11.3 Å². The fraction of sp³-hybridized carbons (Fsp3) is 0.188. The van der Waals surface area contributed by atoms with Gasteiger partial charge >= 0.3 is 0 Å². The molecular weight excluding hydrogens is 340 g/mol. The van der Waals surface area contributed by atoms with E-state index in [2.05, 4.69) is 25.7 Å². The van der Waals surface area contributed by atoms with Crippen molar-refractivity contribution in [3.63, 3.8) is 0 Å². The van der Waals surface area contributed by atoms with Crippen LogP contribution in [0.2, 0.25) is 0 Å². The molecule has 0 bridgehead atoms. The molecule has 0 aliphatic carbocycles. The van der Waals surface area contributed by atoms with Crippen molar-refractivity contribution >= 4 is 28.8 Å². The van der Waals surface area contributed by atoms with Gasteiger partial charge in [0.15, 0.2) is 0 Å². The van der Waals surface area contributed by atoms with Crippen molar-refractivity contribution in [1.29, 1.82) is 0 Å². The van der Waals surface area contributed by atoms with E-state index in [1.54, 1.807) is 43.3 Å². The molecule has 3 rings (SSSR count). The van der Waals surface area contributed by atoms with E-state index in [0.717, 1.165) is 10.4 Å². The molecule has 128 valence electrons. The third-order valence-corrected chi connectivity index (χ3v) is 4.25. The van der Waals surface area contributed by atoms with E-state index in [-0.39, 0.29) is 18.4 Å². The van der Waals surface area contributed by atoms with Gasteiger partial charge in [-0.25, -0.2) is 4.98 Å². The molecular formula is C16H16N6O2S. The van der Waals surface area contributed by atoms with Crippen LogP contribution in [-0.2, 0) is 11.3 Å². The molecule has 0 spiro atoms. The van der Waals surface area contributed by atoms with Crippen molar-refractivity contribution in [3.05, 3.63) is 46.8 Å². The van der Waals surface area contributed by atoms with Gasteiger partial charge in [-0.2, -0.15) is 5.10 Å². The number of pyridine rings is 1. The molecule has 25 heavy (non-hydrogen) atoms. The van der Waals surface area contributed by atoms with Crippen LogP contribution in [0.5, 0.6) is 0 Å². The Kier molecular flexibility index (Phi) is 4.85. The third-order valence-electron chi connectivity index (χ3n) is 3.49. The lowest BCUT2D eigenvalue weighted by atomic mass is 10.2. The highest BCUT2D eigenvalue weighted by Crippen LogP contribution is 2.19. The molecule has 8 nitrogen and oxygen atoms in total. The summed E-state index contributed by atoms with van der Waals surface area (Å²) in [6, 6.07) is 3.54. The van der Waals surface area contributed by atoms with Crippen LogP contribution in [0.3, 0.4) is 0 Å². The number of nitrogens with zero attached hydrogens (tertiary/aromatic N) is 4. The molecule has 0 unspecified atom stereocenters. The average molecular weight is 356 g/mol. The minimum Gasteiger partial charge on any atom is -0.358 e. The molecule has 9 heteroatoms. The maximum Gasteiger partial charge on any atom is 0.275 e. The monoisotopic (exact) mass is 356 g/mol. The van der Waals surface area contributed by atoms with Crippen LogP contribution < -0.4 is 10.6 Å². The highest BCUT2D eigenvalue weighted by Gasteiger charge is 2.12. The van der Waals surface area contributed by atoms with Crippen LogP contribution in [0.1, 0.15) is 15.4 Å². The summed E-state index contributed by atoms with van der Waals surface area (Å²) in [7, 11) is 1.58. The van der Waals surface area contributed by atoms with Gasteiger partial charge in [-0.05, 0) is 19.1 Å². The highest BCUT2D eigenvalue weighted by atomic mass is 32.1. The van der Waals surface area contributed by atoms with Gasteiger partial charge in [-0.3, -0.25) is 19.3 Å². The molecule has 0 saturated carbocycles. The number of aryl methyl sites for hydroxylation is 1. The minimum atomic E-state index is -0.258. The summed E-state index contributed by atoms with van der Waals surface area (Å²) in [6.07, 6.45) is 4.96. The largest absolute Gasteiger partial charge is 0.358 e. The second kappa shape index (κ2) is 7.22. The molecule has 2 amide bonds. The summed E-state index contributed by atoms with van der Waals surface area (Å²) in [6.45, 7) is 2.00. The van der Waals surface area contributed by atoms with Crippen LogP contribution in [0.15, 0.2) is 36.2 Å². The number of carbonyl (C=O) groups excluding carboxylic acids is 2. The molecule has 0 radical (unpaired) electrons. The van der Waals surface area contributed by atoms with E-state index in [4.69, 9.17) is 0 Å². The molecule has 0 aliphatic heterocycles. The number of nitrogens with one attached hydrogen (secondary N) is 2. The second-order valence-corrected chi connectivity index (χ2v) is 6.30. The van der Waals surface area contributed by atoms with Gasteiger partial charge in [0, 0.05) is 23.7 Å². The predicted octanol–water partition coefficient (Wildman–Crippen LogP) is 1.71. The average Bonchev–Trinajstić information content (AvgIpc) is 3.24. The Morgan fingerprint density at radius 1 is 1.24 bits per heavy atom. The van der Waals surface area contributed by atoms with E-state index in [0.29, 0.717) is 17.1 Å². The topological polar surface area (TPSA) is 102 Å². The van der Waals surface area contributed by atoms with E-state index in [9.17, 15) is 9.59 Å². The molecule has 2 N–H and O–H groups in total. The molecule has 3 heterocycles. The Morgan fingerprint density at radius 2 is 2.08 bits per heavy atom. The number of hydrogen-bond acceptors (Lipinski definition) is 6. The summed E-state index contributed by atoms with van der Waals surface area (Å²) in [5, 5.41) is 9.45. The maximum atomic E-state index is 12.1. The van der Waals surface area contributed by atoms with Crippen LogP contribution in [0.25, 0.3) is 11.3 Å². The lowest BCUT2D eigenvalue weighted by Crippen LogP contribution is -2.23. The summed E-state index contributed by atoms with van der Waals surface area (Å²) >= 11 is 1.43. The number of rotatable bonds is 5. The number of aromatic nitrogens is 4. The van der Waals surface area contributed by atoms with Crippen LogP contribution in [0.4, 0.5) is 5.69 Å². The zero-order valence-electron chi connectivity index (χ0n) is 13.7. The number of likely N-dealkylation sites (N-methyl/N-ethyl adjacent to an activating group) is 1. The summed E-state index contributed by atoms with van der Waals surface area (Å²) in [5.74, 6) is -0.385. The first kappa shape index (κ1) is 16.8. The molecule has 0 fully saturated rings. The normalized spacial score (nSPS) is 10.5. The Hall–Kier alpha value is -3.07. The summed E-state index contributed by atoms with van der Waals surface area (Å²) < 4.78 is 1.54. The Bertz CT molecular complexity index is 900. The molecule has 3 aromatic heterocycles. The third kappa shape index (κ3) is 3.89. The van der Waals surface area contributed by atoms with Crippen LogP contribution in [-0.4, -0.2) is 38.6 Å². The number of thiazole rings is 1. The lowest BCUT2D eigenvalue weighted by molar-refractivity contribution is -0.121. The van der Waals surface area contributed by atoms with Gasteiger partial charge in [0.05, 0.1) is 29.3 Å². The van der Waals surface area contributed by atoms with Crippen molar-refractivity contribution < 1.29 is 9.59 Å². The fourth-order valence-electron chi connectivity index (χ4n) is 2.16. The van der Waals surface area contributed by atoms with Gasteiger partial charge in [0.25, 0.3) is 5.91 Å². The minimum absolute atomic E-state index is 0.127. The first-order valence-corrected chi connectivity index (χ1v) is 8.35. The Morgan fingerprint density at radius 3 is 2.72 bits per heavy atom. The number of hydrogen-bond donors (Lipinski definition) is 2. The number of anilines is 1. The molecule has 0 aromatic carbocycles. The SMILES string of the molecule is CNC(=O)Cn1cc(-c2ccc(NC(=O)c3ncsc3C)cn2)cn1. The zero-order chi connectivity index (χ0) is 17.8. The predicted molar refractivity (Wildman–Crippen MR) is 94.3 cm³/mol. The fourth-order valence-corrected chi connectivity index (χ4v) is 2.73. The van der Waals surface area contributed by atoms with Crippen molar-refractivity contribution in [1.82, 2.24) is 25.1 Å². The van der Waals surface area contributed by atoms with E-state index >= 15 is 0 Å². The van der Waals surface area contributed by atoms with E-state index in [1.165, 1.54) is 16.0 Å². The van der Waals surface area contributed by atoms with Crippen molar-refractivity contribution in [2.75, 3.05) is 12.4 Å². The Labute approximate surface area is 147 Å². The quantitative estimate of drug-likeness (QED) is 0.725. The van der Waals surface area contributed by atoms with Crippen molar-refractivity contribution in [3.8, 4) is 11.3 Å². The van der Waals surface area contributed by atoms with E-state index in [1.807, 2.05) is 6.92 Å². The number of amides is 2. The van der Waals surface area contributed by atoms with Gasteiger partial charge < -0.3 is 10.6 Å². The van der Waals surface area contributed by atoms with Gasteiger partial charge in [0.2, 0.25) is 5.91 Å². The molecule has 3 aromatic rings. The van der Waals surface area contributed by atoms with E-state index < -0.39 is 0 Å².